The molecule has 0 saturated heterocycles. The molecule has 3 N–H and O–H groups in total. The second-order valence-corrected chi connectivity index (χ2v) is 6.11. The lowest BCUT2D eigenvalue weighted by Crippen LogP contribution is -2.35. The van der Waals surface area contributed by atoms with Gasteiger partial charge in [0, 0.05) is 30.2 Å². The van der Waals surface area contributed by atoms with Crippen LogP contribution in [0.3, 0.4) is 0 Å². The minimum atomic E-state index is -0.274. The summed E-state index contributed by atoms with van der Waals surface area (Å²) in [5, 5.41) is 3.11. The molecule has 0 unspecified atom stereocenters. The summed E-state index contributed by atoms with van der Waals surface area (Å²) in [7, 11) is 0. The van der Waals surface area contributed by atoms with Gasteiger partial charge in [0.1, 0.15) is 0 Å². The summed E-state index contributed by atoms with van der Waals surface area (Å²) in [4.78, 5) is 16.5. The molecule has 2 rings (SSSR count). The fourth-order valence-corrected chi connectivity index (χ4v) is 2.13. The second kappa shape index (κ2) is 5.60. The Morgan fingerprint density at radius 3 is 2.71 bits per heavy atom. The molecule has 0 radical (unpaired) electrons. The third-order valence-corrected chi connectivity index (χ3v) is 3.50. The zero-order valence-electron chi connectivity index (χ0n) is 13.0. The van der Waals surface area contributed by atoms with E-state index in [-0.39, 0.29) is 11.1 Å². The van der Waals surface area contributed by atoms with E-state index in [4.69, 9.17) is 5.73 Å². The van der Waals surface area contributed by atoms with E-state index in [2.05, 4.69) is 10.3 Å². The number of aromatic nitrogens is 2. The van der Waals surface area contributed by atoms with Crippen LogP contribution < -0.4 is 16.6 Å². The van der Waals surface area contributed by atoms with Gasteiger partial charge in [0.05, 0.1) is 0 Å². The molecule has 2 aromatic rings. The average molecular weight is 286 g/mol. The van der Waals surface area contributed by atoms with Crippen molar-refractivity contribution in [2.45, 2.75) is 39.8 Å². The summed E-state index contributed by atoms with van der Waals surface area (Å²) < 4.78 is 1.68. The maximum Gasteiger partial charge on any atom is 0.293 e. The smallest absolute Gasteiger partial charge is 0.293 e. The van der Waals surface area contributed by atoms with E-state index < -0.39 is 0 Å². The Kier molecular flexibility index (Phi) is 4.02. The molecule has 21 heavy (non-hydrogen) atoms. The van der Waals surface area contributed by atoms with E-state index in [1.165, 1.54) is 0 Å². The quantitative estimate of drug-likeness (QED) is 0.850. The first kappa shape index (κ1) is 15.1. The molecule has 112 valence electrons. The molecule has 0 amide bonds. The fraction of sp³-hybridized carbons (Fsp3) is 0.375. The summed E-state index contributed by atoms with van der Waals surface area (Å²) >= 11 is 0. The topological polar surface area (TPSA) is 72.9 Å². The fourth-order valence-electron chi connectivity index (χ4n) is 2.13. The molecule has 0 bridgehead atoms. The van der Waals surface area contributed by atoms with Crippen molar-refractivity contribution < 1.29 is 0 Å². The van der Waals surface area contributed by atoms with Crippen molar-refractivity contribution in [3.63, 3.8) is 0 Å². The number of nitrogens with one attached hydrogen (secondary N) is 1. The molecule has 1 aromatic carbocycles. The Balaban J connectivity index is 2.26. The Hall–Kier alpha value is -2.30. The number of hydrogen-bond donors (Lipinski definition) is 2. The van der Waals surface area contributed by atoms with Gasteiger partial charge >= 0.3 is 0 Å². The lowest BCUT2D eigenvalue weighted by Gasteiger charge is -2.22. The van der Waals surface area contributed by atoms with Crippen molar-refractivity contribution >= 4 is 11.5 Å². The minimum Gasteiger partial charge on any atom is -0.399 e. The van der Waals surface area contributed by atoms with Crippen LogP contribution in [0.1, 0.15) is 31.9 Å². The first-order valence-electron chi connectivity index (χ1n) is 6.96. The highest BCUT2D eigenvalue weighted by molar-refractivity contribution is 5.50. The number of nitrogens with zero attached hydrogens (tertiary/aromatic N) is 2. The highest BCUT2D eigenvalue weighted by Crippen LogP contribution is 2.16. The van der Waals surface area contributed by atoms with Crippen LogP contribution in [0.2, 0.25) is 0 Å². The van der Waals surface area contributed by atoms with Crippen molar-refractivity contribution in [1.29, 1.82) is 0 Å². The van der Waals surface area contributed by atoms with Gasteiger partial charge < -0.3 is 15.6 Å². The van der Waals surface area contributed by atoms with Crippen molar-refractivity contribution in [2.75, 3.05) is 11.1 Å². The van der Waals surface area contributed by atoms with E-state index in [0.29, 0.717) is 12.4 Å². The van der Waals surface area contributed by atoms with Crippen molar-refractivity contribution in [3.05, 3.63) is 52.1 Å². The van der Waals surface area contributed by atoms with Crippen LogP contribution >= 0.6 is 0 Å². The van der Waals surface area contributed by atoms with E-state index in [0.717, 1.165) is 16.8 Å². The molecule has 0 spiro atoms. The van der Waals surface area contributed by atoms with Crippen molar-refractivity contribution in [1.82, 2.24) is 9.55 Å². The Morgan fingerprint density at radius 2 is 2.05 bits per heavy atom. The summed E-state index contributed by atoms with van der Waals surface area (Å²) in [5.74, 6) is 0.356. The maximum absolute atomic E-state index is 12.4. The number of rotatable bonds is 3. The van der Waals surface area contributed by atoms with E-state index in [9.17, 15) is 4.79 Å². The summed E-state index contributed by atoms with van der Waals surface area (Å²) in [6.07, 6.45) is 3.35. The van der Waals surface area contributed by atoms with Crippen molar-refractivity contribution in [2.24, 2.45) is 0 Å². The molecular weight excluding hydrogens is 264 g/mol. The first-order chi connectivity index (χ1) is 9.80. The molecular formula is C16H22N4O. The highest BCUT2D eigenvalue weighted by Gasteiger charge is 2.16. The van der Waals surface area contributed by atoms with Gasteiger partial charge in [-0.2, -0.15) is 0 Å². The normalized spacial score (nSPS) is 11.4. The predicted octanol–water partition coefficient (Wildman–Crippen LogP) is 2.50. The first-order valence-corrected chi connectivity index (χ1v) is 6.96. The van der Waals surface area contributed by atoms with Gasteiger partial charge in [-0.15, -0.1) is 0 Å². The van der Waals surface area contributed by atoms with Crippen LogP contribution in [0.25, 0.3) is 0 Å². The molecule has 0 aliphatic rings. The Bertz CT molecular complexity index is 698. The molecule has 5 nitrogen and oxygen atoms in total. The standard InChI is InChI=1S/C16H22N4O/c1-11-12(6-5-7-13(11)17)10-19-14-15(21)20(9-8-18-14)16(2,3)4/h5-9H,10,17H2,1-4H3,(H,18,19). The monoisotopic (exact) mass is 286 g/mol. The van der Waals surface area contributed by atoms with E-state index in [1.54, 1.807) is 17.0 Å². The Morgan fingerprint density at radius 1 is 1.33 bits per heavy atom. The van der Waals surface area contributed by atoms with E-state index >= 15 is 0 Å². The molecule has 1 aromatic heterocycles. The minimum absolute atomic E-state index is 0.119. The van der Waals surface area contributed by atoms with Crippen molar-refractivity contribution in [3.8, 4) is 0 Å². The third-order valence-electron chi connectivity index (χ3n) is 3.50. The summed E-state index contributed by atoms with van der Waals surface area (Å²) in [5.41, 5.74) is 8.33. The SMILES string of the molecule is Cc1c(N)cccc1CNc1nccn(C(C)(C)C)c1=O. The van der Waals surface area contributed by atoms with Crippen LogP contribution in [0.15, 0.2) is 35.4 Å². The lowest BCUT2D eigenvalue weighted by molar-refractivity contribution is 0.383. The zero-order chi connectivity index (χ0) is 15.6. The van der Waals surface area contributed by atoms with Gasteiger partial charge in [-0.1, -0.05) is 12.1 Å². The van der Waals surface area contributed by atoms with Crippen LogP contribution in [0.4, 0.5) is 11.5 Å². The van der Waals surface area contributed by atoms with Gasteiger partial charge in [-0.05, 0) is 44.9 Å². The zero-order valence-corrected chi connectivity index (χ0v) is 13.0. The van der Waals surface area contributed by atoms with Gasteiger partial charge in [0.25, 0.3) is 5.56 Å². The van der Waals surface area contributed by atoms with Gasteiger partial charge in [-0.25, -0.2) is 4.98 Å². The second-order valence-electron chi connectivity index (χ2n) is 6.11. The highest BCUT2D eigenvalue weighted by atomic mass is 16.1. The average Bonchev–Trinajstić information content (AvgIpc) is 2.40. The molecule has 0 atom stereocenters. The molecule has 1 heterocycles. The predicted molar refractivity (Wildman–Crippen MR) is 86.4 cm³/mol. The lowest BCUT2D eigenvalue weighted by atomic mass is 10.1. The van der Waals surface area contributed by atoms with Gasteiger partial charge in [-0.3, -0.25) is 4.79 Å². The van der Waals surface area contributed by atoms with Gasteiger partial charge in [0.2, 0.25) is 0 Å². The number of benzene rings is 1. The molecule has 0 aliphatic heterocycles. The largest absolute Gasteiger partial charge is 0.399 e. The molecule has 0 saturated carbocycles. The number of nitrogen functional groups attached to an aromatic ring is 1. The van der Waals surface area contributed by atoms with Crippen LogP contribution in [-0.2, 0) is 12.1 Å². The van der Waals surface area contributed by atoms with Crippen LogP contribution in [0, 0.1) is 6.92 Å². The number of hydrogen-bond acceptors (Lipinski definition) is 4. The van der Waals surface area contributed by atoms with Crippen LogP contribution in [-0.4, -0.2) is 9.55 Å². The Labute approximate surface area is 124 Å². The molecule has 0 fully saturated rings. The maximum atomic E-state index is 12.4. The van der Waals surface area contributed by atoms with Gasteiger partial charge in [0.15, 0.2) is 5.82 Å². The molecule has 5 heteroatoms. The van der Waals surface area contributed by atoms with E-state index in [1.807, 2.05) is 45.9 Å². The number of nitrogens with two attached hydrogens (primary N) is 1. The summed E-state index contributed by atoms with van der Waals surface area (Å²) in [6.45, 7) is 8.45. The third kappa shape index (κ3) is 3.24. The number of anilines is 2. The molecule has 0 aliphatic carbocycles. The van der Waals surface area contributed by atoms with Crippen LogP contribution in [0.5, 0.6) is 0 Å². The summed E-state index contributed by atoms with van der Waals surface area (Å²) in [6, 6.07) is 5.77.